The Balaban J connectivity index is 2.21. The number of rotatable bonds is 2. The number of thioether (sulfide) groups is 1. The van der Waals surface area contributed by atoms with Gasteiger partial charge >= 0.3 is 0 Å². The van der Waals surface area contributed by atoms with Crippen LogP contribution in [0.3, 0.4) is 0 Å². The Morgan fingerprint density at radius 1 is 1.21 bits per heavy atom. The molecule has 5 nitrogen and oxygen atoms in total. The van der Waals surface area contributed by atoms with E-state index in [9.17, 15) is 0 Å². The summed E-state index contributed by atoms with van der Waals surface area (Å²) in [5, 5.41) is 5.20. The summed E-state index contributed by atoms with van der Waals surface area (Å²) in [6.45, 7) is 3.99. The molecule has 0 saturated carbocycles. The number of hydrogen-bond acceptors (Lipinski definition) is 5. The van der Waals surface area contributed by atoms with Crippen molar-refractivity contribution in [3.05, 3.63) is 35.9 Å². The van der Waals surface area contributed by atoms with Crippen LogP contribution in [-0.2, 0) is 0 Å². The molecule has 3 aromatic heterocycles. The van der Waals surface area contributed by atoms with Gasteiger partial charge in [-0.3, -0.25) is 0 Å². The molecule has 3 heterocycles. The second-order valence-corrected chi connectivity index (χ2v) is 5.01. The SMILES string of the molecule is CSc1nccc(-c2cnc3cc(C)nn3c2C)n1. The molecule has 0 saturated heterocycles. The Morgan fingerprint density at radius 3 is 2.84 bits per heavy atom. The van der Waals surface area contributed by atoms with E-state index < -0.39 is 0 Å². The van der Waals surface area contributed by atoms with Crippen LogP contribution in [0.25, 0.3) is 16.9 Å². The molecule has 0 unspecified atom stereocenters. The largest absolute Gasteiger partial charge is 0.236 e. The van der Waals surface area contributed by atoms with Gasteiger partial charge < -0.3 is 0 Å². The van der Waals surface area contributed by atoms with E-state index in [0.29, 0.717) is 0 Å². The summed E-state index contributed by atoms with van der Waals surface area (Å²) >= 11 is 1.53. The molecular formula is C13H13N5S. The zero-order valence-electron chi connectivity index (χ0n) is 11.0. The van der Waals surface area contributed by atoms with Gasteiger partial charge in [-0.2, -0.15) is 5.10 Å². The van der Waals surface area contributed by atoms with E-state index in [2.05, 4.69) is 20.1 Å². The number of hydrogen-bond donors (Lipinski definition) is 0. The zero-order chi connectivity index (χ0) is 13.4. The zero-order valence-corrected chi connectivity index (χ0v) is 11.8. The normalized spacial score (nSPS) is 11.1. The van der Waals surface area contributed by atoms with Crippen molar-refractivity contribution in [3.8, 4) is 11.3 Å². The highest BCUT2D eigenvalue weighted by molar-refractivity contribution is 7.98. The Bertz CT molecular complexity index is 750. The molecule has 0 atom stereocenters. The van der Waals surface area contributed by atoms with Crippen LogP contribution >= 0.6 is 11.8 Å². The minimum absolute atomic E-state index is 0.758. The summed E-state index contributed by atoms with van der Waals surface area (Å²) in [7, 11) is 0. The van der Waals surface area contributed by atoms with E-state index in [-0.39, 0.29) is 0 Å². The van der Waals surface area contributed by atoms with E-state index in [1.165, 1.54) is 11.8 Å². The van der Waals surface area contributed by atoms with Crippen LogP contribution < -0.4 is 0 Å². The molecule has 19 heavy (non-hydrogen) atoms. The Morgan fingerprint density at radius 2 is 2.05 bits per heavy atom. The van der Waals surface area contributed by atoms with Crippen molar-refractivity contribution in [2.24, 2.45) is 0 Å². The van der Waals surface area contributed by atoms with E-state index in [0.717, 1.165) is 33.4 Å². The monoisotopic (exact) mass is 271 g/mol. The first-order chi connectivity index (χ1) is 9.19. The predicted octanol–water partition coefficient (Wildman–Crippen LogP) is 2.53. The van der Waals surface area contributed by atoms with Gasteiger partial charge in [0, 0.05) is 24.0 Å². The van der Waals surface area contributed by atoms with Gasteiger partial charge in [-0.1, -0.05) is 11.8 Å². The number of aromatic nitrogens is 5. The summed E-state index contributed by atoms with van der Waals surface area (Å²) < 4.78 is 1.85. The standard InChI is InChI=1S/C13H13N5S/c1-8-6-12-15-7-10(9(2)18(12)17-8)11-4-5-14-13(16-11)19-3/h4-7H,1-3H3. The molecule has 0 aromatic carbocycles. The first-order valence-corrected chi connectivity index (χ1v) is 7.11. The molecule has 3 aromatic rings. The smallest absolute Gasteiger partial charge is 0.187 e. The summed E-state index contributed by atoms with van der Waals surface area (Å²) in [4.78, 5) is 13.1. The topological polar surface area (TPSA) is 56.0 Å². The Kier molecular flexibility index (Phi) is 2.94. The fourth-order valence-corrected chi connectivity index (χ4v) is 2.36. The van der Waals surface area contributed by atoms with Gasteiger partial charge in [0.2, 0.25) is 0 Å². The van der Waals surface area contributed by atoms with Crippen molar-refractivity contribution in [3.63, 3.8) is 0 Å². The second kappa shape index (κ2) is 4.62. The maximum Gasteiger partial charge on any atom is 0.187 e. The van der Waals surface area contributed by atoms with E-state index in [1.54, 1.807) is 6.20 Å². The maximum atomic E-state index is 4.51. The van der Waals surface area contributed by atoms with Gasteiger partial charge in [-0.25, -0.2) is 19.5 Å². The van der Waals surface area contributed by atoms with Crippen molar-refractivity contribution in [2.45, 2.75) is 19.0 Å². The second-order valence-electron chi connectivity index (χ2n) is 4.24. The van der Waals surface area contributed by atoms with Gasteiger partial charge in [0.15, 0.2) is 10.8 Å². The van der Waals surface area contributed by atoms with Gasteiger partial charge in [0.1, 0.15) is 0 Å². The average molecular weight is 271 g/mol. The molecule has 6 heteroatoms. The van der Waals surface area contributed by atoms with Crippen LogP contribution in [0.4, 0.5) is 0 Å². The molecule has 0 aliphatic heterocycles. The lowest BCUT2D eigenvalue weighted by molar-refractivity contribution is 0.875. The highest BCUT2D eigenvalue weighted by atomic mass is 32.2. The lowest BCUT2D eigenvalue weighted by Crippen LogP contribution is -2.00. The quantitative estimate of drug-likeness (QED) is 0.529. The van der Waals surface area contributed by atoms with Crippen molar-refractivity contribution in [1.29, 1.82) is 0 Å². The van der Waals surface area contributed by atoms with Gasteiger partial charge in [-0.15, -0.1) is 0 Å². The fraction of sp³-hybridized carbons (Fsp3) is 0.231. The maximum absolute atomic E-state index is 4.51. The van der Waals surface area contributed by atoms with Crippen LogP contribution in [0.1, 0.15) is 11.4 Å². The molecule has 0 N–H and O–H groups in total. The molecular weight excluding hydrogens is 258 g/mol. The highest BCUT2D eigenvalue weighted by Crippen LogP contribution is 2.22. The third kappa shape index (κ3) is 2.08. The van der Waals surface area contributed by atoms with E-state index in [4.69, 9.17) is 0 Å². The van der Waals surface area contributed by atoms with Gasteiger partial charge in [-0.05, 0) is 26.2 Å². The van der Waals surface area contributed by atoms with Crippen LogP contribution in [0.2, 0.25) is 0 Å². The summed E-state index contributed by atoms with van der Waals surface area (Å²) in [5.74, 6) is 0. The molecule has 0 bridgehead atoms. The van der Waals surface area contributed by atoms with Gasteiger partial charge in [0.25, 0.3) is 0 Å². The van der Waals surface area contributed by atoms with Crippen LogP contribution in [0, 0.1) is 13.8 Å². The lowest BCUT2D eigenvalue weighted by atomic mass is 10.2. The minimum Gasteiger partial charge on any atom is -0.236 e. The fourth-order valence-electron chi connectivity index (χ4n) is 2.00. The minimum atomic E-state index is 0.758. The molecule has 0 amide bonds. The third-order valence-electron chi connectivity index (χ3n) is 2.94. The first kappa shape index (κ1) is 12.1. The predicted molar refractivity (Wildman–Crippen MR) is 75.3 cm³/mol. The summed E-state index contributed by atoms with van der Waals surface area (Å²) in [5.41, 5.74) is 4.70. The number of nitrogens with zero attached hydrogens (tertiary/aromatic N) is 5. The van der Waals surface area contributed by atoms with E-state index >= 15 is 0 Å². The number of fused-ring (bicyclic) bond motifs is 1. The highest BCUT2D eigenvalue weighted by Gasteiger charge is 2.10. The van der Waals surface area contributed by atoms with Crippen molar-refractivity contribution in [1.82, 2.24) is 24.6 Å². The summed E-state index contributed by atoms with van der Waals surface area (Å²) in [6, 6.07) is 3.86. The van der Waals surface area contributed by atoms with E-state index in [1.807, 2.05) is 42.9 Å². The van der Waals surface area contributed by atoms with Gasteiger partial charge in [0.05, 0.1) is 17.1 Å². The van der Waals surface area contributed by atoms with Crippen molar-refractivity contribution in [2.75, 3.05) is 6.26 Å². The molecule has 3 rings (SSSR count). The lowest BCUT2D eigenvalue weighted by Gasteiger charge is -2.07. The van der Waals surface area contributed by atoms with Crippen LogP contribution in [-0.4, -0.2) is 30.8 Å². The Hall–Kier alpha value is -1.95. The molecule has 96 valence electrons. The molecule has 0 aliphatic rings. The number of aryl methyl sites for hydroxylation is 2. The van der Waals surface area contributed by atoms with Crippen LogP contribution in [0.5, 0.6) is 0 Å². The Labute approximate surface area is 115 Å². The van der Waals surface area contributed by atoms with Crippen molar-refractivity contribution < 1.29 is 0 Å². The molecule has 0 aliphatic carbocycles. The molecule has 0 fully saturated rings. The van der Waals surface area contributed by atoms with Crippen molar-refractivity contribution >= 4 is 17.4 Å². The average Bonchev–Trinajstić information content (AvgIpc) is 2.81. The summed E-state index contributed by atoms with van der Waals surface area (Å²) in [6.07, 6.45) is 5.58. The molecule has 0 radical (unpaired) electrons. The third-order valence-corrected chi connectivity index (χ3v) is 3.50. The van der Waals surface area contributed by atoms with Crippen LogP contribution in [0.15, 0.2) is 29.7 Å². The first-order valence-electron chi connectivity index (χ1n) is 5.88. The molecule has 0 spiro atoms.